The van der Waals surface area contributed by atoms with Crippen molar-refractivity contribution >= 4 is 23.4 Å². The molecule has 0 amide bonds. The summed E-state index contributed by atoms with van der Waals surface area (Å²) >= 11 is 7.81. The van der Waals surface area contributed by atoms with Crippen molar-refractivity contribution in [3.05, 3.63) is 95.0 Å². The highest BCUT2D eigenvalue weighted by Crippen LogP contribution is 2.27. The molecule has 0 radical (unpaired) electrons. The maximum atomic E-state index is 6.01. The molecule has 0 aliphatic heterocycles. The Morgan fingerprint density at radius 2 is 1.50 bits per heavy atom. The van der Waals surface area contributed by atoms with Crippen molar-refractivity contribution in [3.8, 4) is 0 Å². The first-order chi connectivity index (χ1) is 11.8. The Morgan fingerprint density at radius 3 is 2.33 bits per heavy atom. The Labute approximate surface area is 153 Å². The molecule has 24 heavy (non-hydrogen) atoms. The predicted molar refractivity (Wildman–Crippen MR) is 104 cm³/mol. The molecule has 0 bridgehead atoms. The van der Waals surface area contributed by atoms with Gasteiger partial charge in [0.1, 0.15) is 0 Å². The standard InChI is InChI=1S/C21H20ClNS/c22-19-8-4-6-17(14-19)12-13-23-16-18-7-5-11-21(15-18)24-20-9-2-1-3-10-20/h1-11,14-15,23H,12-13,16H2. The third-order valence-electron chi connectivity index (χ3n) is 3.69. The zero-order valence-electron chi connectivity index (χ0n) is 13.4. The van der Waals surface area contributed by atoms with Gasteiger partial charge in [-0.1, -0.05) is 65.8 Å². The summed E-state index contributed by atoms with van der Waals surface area (Å²) in [6.45, 7) is 1.82. The molecule has 1 nitrogen and oxygen atoms in total. The molecular formula is C21H20ClNS. The molecule has 0 spiro atoms. The van der Waals surface area contributed by atoms with E-state index in [4.69, 9.17) is 11.6 Å². The second-order valence-electron chi connectivity index (χ2n) is 5.62. The van der Waals surface area contributed by atoms with Crippen molar-refractivity contribution in [1.29, 1.82) is 0 Å². The molecule has 0 saturated heterocycles. The minimum atomic E-state index is 0.804. The maximum absolute atomic E-state index is 6.01. The van der Waals surface area contributed by atoms with Gasteiger partial charge in [0.25, 0.3) is 0 Å². The SMILES string of the molecule is Clc1cccc(CCNCc2cccc(Sc3ccccc3)c2)c1. The smallest absolute Gasteiger partial charge is 0.0408 e. The predicted octanol–water partition coefficient (Wildman–Crippen LogP) is 5.82. The van der Waals surface area contributed by atoms with Crippen LogP contribution in [-0.4, -0.2) is 6.54 Å². The molecule has 3 aromatic carbocycles. The van der Waals surface area contributed by atoms with Gasteiger partial charge >= 0.3 is 0 Å². The third kappa shape index (κ3) is 5.41. The second kappa shape index (κ2) is 8.93. The molecule has 0 unspecified atom stereocenters. The Kier molecular flexibility index (Phi) is 6.36. The van der Waals surface area contributed by atoms with Crippen molar-refractivity contribution in [2.75, 3.05) is 6.54 Å². The van der Waals surface area contributed by atoms with E-state index in [2.05, 4.69) is 59.9 Å². The van der Waals surface area contributed by atoms with Crippen LogP contribution in [0.5, 0.6) is 0 Å². The molecule has 1 N–H and O–H groups in total. The fraction of sp³-hybridized carbons (Fsp3) is 0.143. The molecule has 122 valence electrons. The fourth-order valence-corrected chi connectivity index (χ4v) is 3.64. The lowest BCUT2D eigenvalue weighted by molar-refractivity contribution is 0.686. The number of rotatable bonds is 7. The van der Waals surface area contributed by atoms with Crippen LogP contribution in [0.4, 0.5) is 0 Å². The molecular weight excluding hydrogens is 334 g/mol. The molecule has 3 rings (SSSR count). The fourth-order valence-electron chi connectivity index (χ4n) is 2.50. The largest absolute Gasteiger partial charge is 0.312 e. The van der Waals surface area contributed by atoms with Crippen LogP contribution < -0.4 is 5.32 Å². The van der Waals surface area contributed by atoms with Crippen molar-refractivity contribution < 1.29 is 0 Å². The van der Waals surface area contributed by atoms with E-state index in [-0.39, 0.29) is 0 Å². The van der Waals surface area contributed by atoms with Crippen LogP contribution in [0.25, 0.3) is 0 Å². The first-order valence-corrected chi connectivity index (χ1v) is 9.26. The topological polar surface area (TPSA) is 12.0 Å². The number of hydrogen-bond acceptors (Lipinski definition) is 2. The van der Waals surface area contributed by atoms with Gasteiger partial charge in [0, 0.05) is 21.4 Å². The lowest BCUT2D eigenvalue weighted by Crippen LogP contribution is -2.16. The number of hydrogen-bond donors (Lipinski definition) is 1. The highest BCUT2D eigenvalue weighted by molar-refractivity contribution is 7.99. The summed E-state index contributed by atoms with van der Waals surface area (Å²) in [6, 6.07) is 27.2. The molecule has 0 atom stereocenters. The van der Waals surface area contributed by atoms with Gasteiger partial charge in [-0.15, -0.1) is 0 Å². The van der Waals surface area contributed by atoms with Crippen LogP contribution in [0.15, 0.2) is 88.7 Å². The highest BCUT2D eigenvalue weighted by atomic mass is 35.5. The molecule has 0 heterocycles. The van der Waals surface area contributed by atoms with Crippen molar-refractivity contribution in [2.45, 2.75) is 22.8 Å². The minimum Gasteiger partial charge on any atom is -0.312 e. The van der Waals surface area contributed by atoms with Crippen LogP contribution in [-0.2, 0) is 13.0 Å². The van der Waals surface area contributed by atoms with Gasteiger partial charge in [-0.2, -0.15) is 0 Å². The summed E-state index contributed by atoms with van der Waals surface area (Å²) in [6.07, 6.45) is 0.985. The van der Waals surface area contributed by atoms with Gasteiger partial charge in [0.2, 0.25) is 0 Å². The van der Waals surface area contributed by atoms with E-state index in [1.807, 2.05) is 24.3 Å². The molecule has 0 fully saturated rings. The number of benzene rings is 3. The van der Waals surface area contributed by atoms with Crippen LogP contribution in [0.2, 0.25) is 5.02 Å². The zero-order chi connectivity index (χ0) is 16.6. The first-order valence-electron chi connectivity index (χ1n) is 8.06. The lowest BCUT2D eigenvalue weighted by Gasteiger charge is -2.08. The van der Waals surface area contributed by atoms with Crippen LogP contribution in [0, 0.1) is 0 Å². The molecule has 0 saturated carbocycles. The van der Waals surface area contributed by atoms with E-state index in [0.29, 0.717) is 0 Å². The summed E-state index contributed by atoms with van der Waals surface area (Å²) in [5.74, 6) is 0. The number of halogens is 1. The normalized spacial score (nSPS) is 10.7. The first kappa shape index (κ1) is 17.1. The molecule has 3 aromatic rings. The van der Waals surface area contributed by atoms with Crippen LogP contribution in [0.1, 0.15) is 11.1 Å². The van der Waals surface area contributed by atoms with Crippen LogP contribution in [0.3, 0.4) is 0 Å². The van der Waals surface area contributed by atoms with Gasteiger partial charge in [-0.3, -0.25) is 0 Å². The van der Waals surface area contributed by atoms with E-state index >= 15 is 0 Å². The van der Waals surface area contributed by atoms with Crippen molar-refractivity contribution in [3.63, 3.8) is 0 Å². The highest BCUT2D eigenvalue weighted by Gasteiger charge is 2.00. The number of nitrogens with one attached hydrogen (secondary N) is 1. The quantitative estimate of drug-likeness (QED) is 0.537. The van der Waals surface area contributed by atoms with Gasteiger partial charge in [-0.05, 0) is 60.5 Å². The Hall–Kier alpha value is -1.74. The summed E-state index contributed by atoms with van der Waals surface area (Å²) in [5.41, 5.74) is 2.57. The summed E-state index contributed by atoms with van der Waals surface area (Å²) in [4.78, 5) is 2.54. The lowest BCUT2D eigenvalue weighted by atomic mass is 10.1. The van der Waals surface area contributed by atoms with Gasteiger partial charge < -0.3 is 5.32 Å². The Balaban J connectivity index is 1.49. The molecule has 3 heteroatoms. The third-order valence-corrected chi connectivity index (χ3v) is 4.92. The van der Waals surface area contributed by atoms with Gasteiger partial charge in [-0.25, -0.2) is 0 Å². The van der Waals surface area contributed by atoms with E-state index in [0.717, 1.165) is 24.5 Å². The molecule has 0 aromatic heterocycles. The minimum absolute atomic E-state index is 0.804. The Bertz CT molecular complexity index is 774. The monoisotopic (exact) mass is 353 g/mol. The average molecular weight is 354 g/mol. The van der Waals surface area contributed by atoms with Crippen molar-refractivity contribution in [2.24, 2.45) is 0 Å². The van der Waals surface area contributed by atoms with Crippen molar-refractivity contribution in [1.82, 2.24) is 5.32 Å². The second-order valence-corrected chi connectivity index (χ2v) is 7.20. The maximum Gasteiger partial charge on any atom is 0.0408 e. The van der Waals surface area contributed by atoms with E-state index in [9.17, 15) is 0 Å². The summed E-state index contributed by atoms with van der Waals surface area (Å²) < 4.78 is 0. The van der Waals surface area contributed by atoms with E-state index in [1.54, 1.807) is 11.8 Å². The Morgan fingerprint density at radius 1 is 0.750 bits per heavy atom. The summed E-state index contributed by atoms with van der Waals surface area (Å²) in [5, 5.41) is 4.31. The average Bonchev–Trinajstić information content (AvgIpc) is 2.60. The van der Waals surface area contributed by atoms with E-state index in [1.165, 1.54) is 20.9 Å². The summed E-state index contributed by atoms with van der Waals surface area (Å²) in [7, 11) is 0. The van der Waals surface area contributed by atoms with Gasteiger partial charge in [0.05, 0.1) is 0 Å². The van der Waals surface area contributed by atoms with E-state index < -0.39 is 0 Å². The molecule has 0 aliphatic carbocycles. The van der Waals surface area contributed by atoms with Gasteiger partial charge in [0.15, 0.2) is 0 Å². The zero-order valence-corrected chi connectivity index (χ0v) is 15.0. The van der Waals surface area contributed by atoms with Crippen LogP contribution >= 0.6 is 23.4 Å². The molecule has 0 aliphatic rings.